The van der Waals surface area contributed by atoms with E-state index in [1.54, 1.807) is 20.1 Å². The van der Waals surface area contributed by atoms with Crippen molar-refractivity contribution in [2.45, 2.75) is 32.3 Å². The first-order valence-corrected chi connectivity index (χ1v) is 9.35. The van der Waals surface area contributed by atoms with Crippen LogP contribution in [0.1, 0.15) is 26.2 Å². The average molecular weight is 378 g/mol. The molecule has 1 aliphatic rings. The smallest absolute Gasteiger partial charge is 0.319 e. The summed E-state index contributed by atoms with van der Waals surface area (Å²) in [5.74, 6) is 0.431. The number of thiazole rings is 1. The van der Waals surface area contributed by atoms with Gasteiger partial charge in [-0.05, 0) is 18.9 Å². The number of nitrogens with zero attached hydrogens (tertiary/aromatic N) is 1. The number of anilines is 2. The van der Waals surface area contributed by atoms with Crippen molar-refractivity contribution in [1.82, 2.24) is 10.3 Å². The number of hydrogen-bond acceptors (Lipinski definition) is 6. The minimum atomic E-state index is -0.300. The Morgan fingerprint density at radius 1 is 1.38 bits per heavy atom. The van der Waals surface area contributed by atoms with Gasteiger partial charge in [-0.1, -0.05) is 18.3 Å². The number of amides is 3. The number of urea groups is 1. The van der Waals surface area contributed by atoms with Gasteiger partial charge in [-0.25, -0.2) is 9.78 Å². The Labute approximate surface area is 155 Å². The first kappa shape index (κ1) is 18.4. The van der Waals surface area contributed by atoms with Gasteiger partial charge >= 0.3 is 6.03 Å². The van der Waals surface area contributed by atoms with E-state index in [1.807, 2.05) is 6.07 Å². The number of rotatable bonds is 6. The van der Waals surface area contributed by atoms with Crippen LogP contribution >= 0.6 is 11.3 Å². The standard InChI is InChI=1S/C17H22N4O4S/c1-3-14(22)20-17-21-15-12(24-2)7-10(8-13(15)26-17)19-16(23)18-9-11-5-4-6-25-11/h7-8,11H,3-6,9H2,1-2H3,(H2,18,19,23)(H,20,21,22). The highest BCUT2D eigenvalue weighted by Gasteiger charge is 2.17. The molecule has 0 radical (unpaired) electrons. The Hall–Kier alpha value is -2.39. The summed E-state index contributed by atoms with van der Waals surface area (Å²) in [5.41, 5.74) is 1.24. The van der Waals surface area contributed by atoms with Crippen LogP contribution in [0, 0.1) is 0 Å². The third-order valence-electron chi connectivity index (χ3n) is 4.02. The van der Waals surface area contributed by atoms with E-state index in [-0.39, 0.29) is 18.0 Å². The summed E-state index contributed by atoms with van der Waals surface area (Å²) in [7, 11) is 1.54. The molecule has 8 nitrogen and oxygen atoms in total. The fourth-order valence-electron chi connectivity index (χ4n) is 2.67. The van der Waals surface area contributed by atoms with E-state index in [1.165, 1.54) is 11.3 Å². The SMILES string of the molecule is CCC(=O)Nc1nc2c(OC)cc(NC(=O)NCC3CCCO3)cc2s1. The Balaban J connectivity index is 1.71. The van der Waals surface area contributed by atoms with Crippen molar-refractivity contribution in [3.63, 3.8) is 0 Å². The summed E-state index contributed by atoms with van der Waals surface area (Å²) in [6.45, 7) is 3.02. The first-order chi connectivity index (χ1) is 12.6. The molecular formula is C17H22N4O4S. The molecule has 1 atom stereocenters. The highest BCUT2D eigenvalue weighted by Crippen LogP contribution is 2.35. The van der Waals surface area contributed by atoms with Gasteiger partial charge in [0.1, 0.15) is 11.3 Å². The second kappa shape index (κ2) is 8.33. The maximum Gasteiger partial charge on any atom is 0.319 e. The summed E-state index contributed by atoms with van der Waals surface area (Å²) in [5, 5.41) is 8.86. The number of carbonyl (C=O) groups is 2. The molecule has 140 valence electrons. The number of methoxy groups -OCH3 is 1. The van der Waals surface area contributed by atoms with Gasteiger partial charge in [-0.15, -0.1) is 0 Å². The summed E-state index contributed by atoms with van der Waals surface area (Å²) in [4.78, 5) is 28.1. The summed E-state index contributed by atoms with van der Waals surface area (Å²) < 4.78 is 11.7. The molecule has 0 aliphatic carbocycles. The second-order valence-corrected chi connectivity index (χ2v) is 6.95. The van der Waals surface area contributed by atoms with Crippen LogP contribution in [0.15, 0.2) is 12.1 Å². The molecule has 3 N–H and O–H groups in total. The third kappa shape index (κ3) is 4.41. The number of ether oxygens (including phenoxy) is 2. The van der Waals surface area contributed by atoms with Gasteiger partial charge < -0.3 is 25.4 Å². The molecule has 1 aliphatic heterocycles. The fourth-order valence-corrected chi connectivity index (χ4v) is 3.61. The molecule has 1 aromatic heterocycles. The molecule has 2 heterocycles. The van der Waals surface area contributed by atoms with Crippen LogP contribution in [0.3, 0.4) is 0 Å². The zero-order valence-corrected chi connectivity index (χ0v) is 15.6. The molecule has 0 bridgehead atoms. The molecule has 1 aromatic carbocycles. The number of hydrogen-bond donors (Lipinski definition) is 3. The van der Waals surface area contributed by atoms with E-state index in [4.69, 9.17) is 9.47 Å². The molecule has 1 saturated heterocycles. The number of aromatic nitrogens is 1. The van der Waals surface area contributed by atoms with Gasteiger partial charge in [0.05, 0.1) is 17.9 Å². The predicted molar refractivity (Wildman–Crippen MR) is 101 cm³/mol. The van der Waals surface area contributed by atoms with Crippen molar-refractivity contribution in [2.24, 2.45) is 0 Å². The van der Waals surface area contributed by atoms with Crippen molar-refractivity contribution >= 4 is 44.3 Å². The van der Waals surface area contributed by atoms with Gasteiger partial charge in [0, 0.05) is 31.3 Å². The highest BCUT2D eigenvalue weighted by molar-refractivity contribution is 7.22. The second-order valence-electron chi connectivity index (χ2n) is 5.92. The van der Waals surface area contributed by atoms with Crippen LogP contribution in [0.2, 0.25) is 0 Å². The molecule has 1 unspecified atom stereocenters. The van der Waals surface area contributed by atoms with E-state index >= 15 is 0 Å². The topological polar surface area (TPSA) is 102 Å². The largest absolute Gasteiger partial charge is 0.494 e. The van der Waals surface area contributed by atoms with E-state index < -0.39 is 0 Å². The number of nitrogens with one attached hydrogen (secondary N) is 3. The van der Waals surface area contributed by atoms with Crippen molar-refractivity contribution in [3.05, 3.63) is 12.1 Å². The van der Waals surface area contributed by atoms with Crippen molar-refractivity contribution < 1.29 is 19.1 Å². The molecule has 0 saturated carbocycles. The zero-order valence-electron chi connectivity index (χ0n) is 14.8. The molecular weight excluding hydrogens is 356 g/mol. The Kier molecular flexibility index (Phi) is 5.89. The van der Waals surface area contributed by atoms with Gasteiger partial charge in [-0.3, -0.25) is 4.79 Å². The first-order valence-electron chi connectivity index (χ1n) is 8.54. The monoisotopic (exact) mass is 378 g/mol. The van der Waals surface area contributed by atoms with Gasteiger partial charge in [0.2, 0.25) is 5.91 Å². The lowest BCUT2D eigenvalue weighted by atomic mass is 10.2. The third-order valence-corrected chi connectivity index (χ3v) is 4.94. The molecule has 3 amide bonds. The normalized spacial score (nSPS) is 16.5. The number of carbonyl (C=O) groups excluding carboxylic acids is 2. The van der Waals surface area contributed by atoms with Gasteiger partial charge in [0.15, 0.2) is 5.13 Å². The predicted octanol–water partition coefficient (Wildman–Crippen LogP) is 2.95. The van der Waals surface area contributed by atoms with E-state index in [2.05, 4.69) is 20.9 Å². The lowest BCUT2D eigenvalue weighted by molar-refractivity contribution is -0.115. The minimum Gasteiger partial charge on any atom is -0.494 e. The number of fused-ring (bicyclic) bond motifs is 1. The summed E-state index contributed by atoms with van der Waals surface area (Å²) in [6, 6.07) is 3.22. The lowest BCUT2D eigenvalue weighted by Crippen LogP contribution is -2.35. The van der Waals surface area contributed by atoms with Crippen molar-refractivity contribution in [1.29, 1.82) is 0 Å². The van der Waals surface area contributed by atoms with Gasteiger partial charge in [0.25, 0.3) is 0 Å². The Bertz CT molecular complexity index is 801. The molecule has 0 spiro atoms. The zero-order chi connectivity index (χ0) is 18.5. The molecule has 9 heteroatoms. The fraction of sp³-hybridized carbons (Fsp3) is 0.471. The van der Waals surface area contributed by atoms with Crippen molar-refractivity contribution in [3.8, 4) is 5.75 Å². The molecule has 2 aromatic rings. The number of benzene rings is 1. The summed E-state index contributed by atoms with van der Waals surface area (Å²) >= 11 is 1.33. The van der Waals surface area contributed by atoms with E-state index in [0.29, 0.717) is 35.1 Å². The van der Waals surface area contributed by atoms with E-state index in [9.17, 15) is 9.59 Å². The lowest BCUT2D eigenvalue weighted by Gasteiger charge is -2.12. The van der Waals surface area contributed by atoms with Crippen LogP contribution < -0.4 is 20.7 Å². The van der Waals surface area contributed by atoms with Crippen LogP contribution in [0.25, 0.3) is 10.2 Å². The van der Waals surface area contributed by atoms with Crippen LogP contribution in [0.5, 0.6) is 5.75 Å². The minimum absolute atomic E-state index is 0.0870. The average Bonchev–Trinajstić information content (AvgIpc) is 3.28. The van der Waals surface area contributed by atoms with Crippen LogP contribution in [-0.2, 0) is 9.53 Å². The Morgan fingerprint density at radius 2 is 2.23 bits per heavy atom. The maximum absolute atomic E-state index is 12.1. The molecule has 3 rings (SSSR count). The van der Waals surface area contributed by atoms with Crippen LogP contribution in [-0.4, -0.2) is 43.3 Å². The van der Waals surface area contributed by atoms with Crippen molar-refractivity contribution in [2.75, 3.05) is 30.9 Å². The Morgan fingerprint density at radius 3 is 2.92 bits per heavy atom. The maximum atomic E-state index is 12.1. The van der Waals surface area contributed by atoms with Crippen LogP contribution in [0.4, 0.5) is 15.6 Å². The summed E-state index contributed by atoms with van der Waals surface area (Å²) in [6.07, 6.45) is 2.46. The quantitative estimate of drug-likeness (QED) is 0.717. The van der Waals surface area contributed by atoms with Gasteiger partial charge in [-0.2, -0.15) is 0 Å². The highest BCUT2D eigenvalue weighted by atomic mass is 32.1. The molecule has 26 heavy (non-hydrogen) atoms. The molecule has 1 fully saturated rings. The van der Waals surface area contributed by atoms with E-state index in [0.717, 1.165) is 24.1 Å².